The predicted octanol–water partition coefficient (Wildman–Crippen LogP) is 2.68. The van der Waals surface area contributed by atoms with Crippen molar-refractivity contribution in [1.82, 2.24) is 5.32 Å². The molecule has 1 unspecified atom stereocenters. The molecule has 1 saturated heterocycles. The SMILES string of the molecule is C=C1NC(=O)CCC1Nc1cc(F)ccc1Cl. The lowest BCUT2D eigenvalue weighted by atomic mass is 10.0. The van der Waals surface area contributed by atoms with Gasteiger partial charge in [-0.2, -0.15) is 0 Å². The number of carbonyl (C=O) groups excluding carboxylic acids is 1. The molecule has 0 bridgehead atoms. The van der Waals surface area contributed by atoms with E-state index in [1.54, 1.807) is 0 Å². The Balaban J connectivity index is 2.13. The molecular formula is C12H12ClFN2O. The summed E-state index contributed by atoms with van der Waals surface area (Å²) in [6, 6.07) is 3.99. The molecule has 3 nitrogen and oxygen atoms in total. The number of hydrogen-bond acceptors (Lipinski definition) is 2. The van der Waals surface area contributed by atoms with Crippen LogP contribution in [0.1, 0.15) is 12.8 Å². The van der Waals surface area contributed by atoms with Gasteiger partial charge in [-0.1, -0.05) is 18.2 Å². The van der Waals surface area contributed by atoms with Gasteiger partial charge < -0.3 is 10.6 Å². The molecule has 1 atom stereocenters. The Morgan fingerprint density at radius 3 is 3.00 bits per heavy atom. The molecule has 1 heterocycles. The maximum absolute atomic E-state index is 13.1. The Hall–Kier alpha value is -1.55. The number of carbonyl (C=O) groups is 1. The summed E-state index contributed by atoms with van der Waals surface area (Å²) in [4.78, 5) is 11.1. The van der Waals surface area contributed by atoms with Crippen molar-refractivity contribution in [3.05, 3.63) is 41.3 Å². The highest BCUT2D eigenvalue weighted by molar-refractivity contribution is 6.33. The molecule has 90 valence electrons. The molecule has 1 amide bonds. The molecule has 0 aliphatic carbocycles. The first-order valence-corrected chi connectivity index (χ1v) is 5.64. The van der Waals surface area contributed by atoms with Gasteiger partial charge in [0.1, 0.15) is 5.82 Å². The van der Waals surface area contributed by atoms with E-state index < -0.39 is 0 Å². The fourth-order valence-electron chi connectivity index (χ4n) is 1.73. The van der Waals surface area contributed by atoms with Gasteiger partial charge >= 0.3 is 0 Å². The summed E-state index contributed by atoms with van der Waals surface area (Å²) in [6.45, 7) is 3.76. The minimum atomic E-state index is -0.359. The van der Waals surface area contributed by atoms with Crippen LogP contribution < -0.4 is 10.6 Å². The minimum absolute atomic E-state index is 0.0432. The predicted molar refractivity (Wildman–Crippen MR) is 65.3 cm³/mol. The molecule has 17 heavy (non-hydrogen) atoms. The van der Waals surface area contributed by atoms with Crippen LogP contribution >= 0.6 is 11.6 Å². The summed E-state index contributed by atoms with van der Waals surface area (Å²) in [5.41, 5.74) is 1.09. The second kappa shape index (κ2) is 4.75. The topological polar surface area (TPSA) is 41.1 Å². The fourth-order valence-corrected chi connectivity index (χ4v) is 1.91. The van der Waals surface area contributed by atoms with E-state index in [1.807, 2.05) is 0 Å². The van der Waals surface area contributed by atoms with Crippen LogP contribution in [0.3, 0.4) is 0 Å². The van der Waals surface area contributed by atoms with E-state index in [4.69, 9.17) is 11.6 Å². The number of hydrogen-bond donors (Lipinski definition) is 2. The van der Waals surface area contributed by atoms with E-state index in [9.17, 15) is 9.18 Å². The number of amides is 1. The average Bonchev–Trinajstić information content (AvgIpc) is 2.27. The Bertz CT molecular complexity index is 476. The maximum atomic E-state index is 13.1. The van der Waals surface area contributed by atoms with Crippen LogP contribution in [0.5, 0.6) is 0 Å². The molecule has 2 rings (SSSR count). The van der Waals surface area contributed by atoms with Crippen LogP contribution in [0.4, 0.5) is 10.1 Å². The van der Waals surface area contributed by atoms with Crippen molar-refractivity contribution in [3.8, 4) is 0 Å². The summed E-state index contributed by atoms with van der Waals surface area (Å²) < 4.78 is 13.1. The van der Waals surface area contributed by atoms with Crippen molar-refractivity contribution in [1.29, 1.82) is 0 Å². The molecule has 2 N–H and O–H groups in total. The Labute approximate surface area is 104 Å². The zero-order chi connectivity index (χ0) is 12.4. The molecule has 0 saturated carbocycles. The largest absolute Gasteiger partial charge is 0.375 e. The van der Waals surface area contributed by atoms with Crippen molar-refractivity contribution >= 4 is 23.2 Å². The Morgan fingerprint density at radius 2 is 2.29 bits per heavy atom. The van der Waals surface area contributed by atoms with Crippen molar-refractivity contribution < 1.29 is 9.18 Å². The van der Waals surface area contributed by atoms with Crippen LogP contribution in [0.15, 0.2) is 30.5 Å². The van der Waals surface area contributed by atoms with E-state index in [0.29, 0.717) is 29.2 Å². The van der Waals surface area contributed by atoms with Gasteiger partial charge in [-0.3, -0.25) is 4.79 Å². The monoisotopic (exact) mass is 254 g/mol. The molecule has 1 aliphatic heterocycles. The fraction of sp³-hybridized carbons (Fsp3) is 0.250. The number of halogens is 2. The van der Waals surface area contributed by atoms with Crippen molar-refractivity contribution in [2.45, 2.75) is 18.9 Å². The highest BCUT2D eigenvalue weighted by Crippen LogP contribution is 2.25. The van der Waals surface area contributed by atoms with Gasteiger partial charge in [-0.15, -0.1) is 0 Å². The van der Waals surface area contributed by atoms with Gasteiger partial charge in [0.15, 0.2) is 0 Å². The molecule has 0 radical (unpaired) electrons. The summed E-state index contributed by atoms with van der Waals surface area (Å²) in [5, 5.41) is 6.17. The van der Waals surface area contributed by atoms with Crippen LogP contribution in [-0.2, 0) is 4.79 Å². The molecule has 0 aromatic heterocycles. The number of anilines is 1. The highest BCUT2D eigenvalue weighted by atomic mass is 35.5. The third kappa shape index (κ3) is 2.77. The van der Waals surface area contributed by atoms with Gasteiger partial charge in [0.25, 0.3) is 0 Å². The summed E-state index contributed by atoms with van der Waals surface area (Å²) in [5.74, 6) is -0.402. The van der Waals surface area contributed by atoms with Gasteiger partial charge in [-0.25, -0.2) is 4.39 Å². The molecule has 0 spiro atoms. The second-order valence-corrected chi connectivity index (χ2v) is 4.34. The van der Waals surface area contributed by atoms with E-state index in [1.165, 1.54) is 18.2 Å². The van der Waals surface area contributed by atoms with E-state index in [0.717, 1.165) is 0 Å². The van der Waals surface area contributed by atoms with E-state index in [-0.39, 0.29) is 17.8 Å². The third-order valence-corrected chi connectivity index (χ3v) is 2.97. The summed E-state index contributed by atoms with van der Waals surface area (Å²) in [7, 11) is 0. The first kappa shape index (κ1) is 11.9. The van der Waals surface area contributed by atoms with E-state index >= 15 is 0 Å². The number of rotatable bonds is 2. The Kier molecular flexibility index (Phi) is 3.33. The van der Waals surface area contributed by atoms with E-state index in [2.05, 4.69) is 17.2 Å². The zero-order valence-corrected chi connectivity index (χ0v) is 9.85. The summed E-state index contributed by atoms with van der Waals surface area (Å²) in [6.07, 6.45) is 1.04. The molecule has 1 aliphatic rings. The minimum Gasteiger partial charge on any atom is -0.375 e. The number of piperidine rings is 1. The van der Waals surface area contributed by atoms with Gasteiger partial charge in [-0.05, 0) is 24.6 Å². The molecule has 5 heteroatoms. The molecule has 1 aromatic carbocycles. The van der Waals surface area contributed by atoms with Crippen LogP contribution in [0.25, 0.3) is 0 Å². The van der Waals surface area contributed by atoms with Crippen molar-refractivity contribution in [2.24, 2.45) is 0 Å². The molecule has 1 aromatic rings. The lowest BCUT2D eigenvalue weighted by Gasteiger charge is -2.27. The highest BCUT2D eigenvalue weighted by Gasteiger charge is 2.22. The van der Waals surface area contributed by atoms with Crippen LogP contribution in [-0.4, -0.2) is 11.9 Å². The lowest BCUT2D eigenvalue weighted by molar-refractivity contribution is -0.121. The van der Waals surface area contributed by atoms with Crippen molar-refractivity contribution in [2.75, 3.05) is 5.32 Å². The number of benzene rings is 1. The van der Waals surface area contributed by atoms with Crippen LogP contribution in [0.2, 0.25) is 5.02 Å². The average molecular weight is 255 g/mol. The lowest BCUT2D eigenvalue weighted by Crippen LogP contribution is -2.39. The smallest absolute Gasteiger partial charge is 0.224 e. The molecular weight excluding hydrogens is 243 g/mol. The standard InChI is InChI=1S/C12H12ClFN2O/c1-7-10(4-5-12(17)15-7)16-11-6-8(14)2-3-9(11)13/h2-3,6,10,16H,1,4-5H2,(H,15,17). The van der Waals surface area contributed by atoms with Gasteiger partial charge in [0.2, 0.25) is 5.91 Å². The summed E-state index contributed by atoms with van der Waals surface area (Å²) >= 11 is 5.95. The molecule has 1 fully saturated rings. The first-order valence-electron chi connectivity index (χ1n) is 5.26. The van der Waals surface area contributed by atoms with Gasteiger partial charge in [0, 0.05) is 12.1 Å². The van der Waals surface area contributed by atoms with Crippen molar-refractivity contribution in [3.63, 3.8) is 0 Å². The van der Waals surface area contributed by atoms with Gasteiger partial charge in [0.05, 0.1) is 16.8 Å². The van der Waals surface area contributed by atoms with Crippen LogP contribution in [0, 0.1) is 5.82 Å². The second-order valence-electron chi connectivity index (χ2n) is 3.93. The quantitative estimate of drug-likeness (QED) is 0.852. The first-order chi connectivity index (χ1) is 8.06. The third-order valence-electron chi connectivity index (χ3n) is 2.64. The maximum Gasteiger partial charge on any atom is 0.224 e. The zero-order valence-electron chi connectivity index (χ0n) is 9.09. The Morgan fingerprint density at radius 1 is 1.53 bits per heavy atom. The number of nitrogens with one attached hydrogen (secondary N) is 2. The normalized spacial score (nSPS) is 20.0.